The van der Waals surface area contributed by atoms with Gasteiger partial charge in [0.25, 0.3) is 0 Å². The third-order valence-electron chi connectivity index (χ3n) is 4.10. The predicted molar refractivity (Wildman–Crippen MR) is 64.2 cm³/mol. The summed E-state index contributed by atoms with van der Waals surface area (Å²) in [5, 5.41) is 18.0. The highest BCUT2D eigenvalue weighted by Crippen LogP contribution is 2.42. The summed E-state index contributed by atoms with van der Waals surface area (Å²) in [4.78, 5) is 0. The van der Waals surface area contributed by atoms with Crippen molar-refractivity contribution in [3.8, 4) is 0 Å². The molecule has 0 radical (unpaired) electrons. The average Bonchev–Trinajstić information content (AvgIpc) is 2.26. The van der Waals surface area contributed by atoms with Crippen molar-refractivity contribution in [2.45, 2.75) is 58.7 Å². The molecule has 0 aromatic rings. The molecule has 3 heteroatoms. The molecular formula is C13H26O3. The molecule has 1 aliphatic rings. The standard InChI is InChI=1S/C13H26O3/c1-10(2)13(3)6-4-5-12(7-13)16-9-11(15)8-14/h10-12,14-15H,4-9H2,1-3H3. The van der Waals surface area contributed by atoms with Gasteiger partial charge in [-0.05, 0) is 30.6 Å². The third-order valence-corrected chi connectivity index (χ3v) is 4.10. The Bertz CT molecular complexity index is 205. The Kier molecular flexibility index (Phi) is 5.22. The van der Waals surface area contributed by atoms with Crippen LogP contribution in [0.25, 0.3) is 0 Å². The highest BCUT2D eigenvalue weighted by molar-refractivity contribution is 4.85. The quantitative estimate of drug-likeness (QED) is 0.759. The van der Waals surface area contributed by atoms with Gasteiger partial charge in [0.05, 0.1) is 19.3 Å². The van der Waals surface area contributed by atoms with Gasteiger partial charge in [-0.15, -0.1) is 0 Å². The molecule has 3 atom stereocenters. The monoisotopic (exact) mass is 230 g/mol. The number of ether oxygens (including phenoxy) is 1. The van der Waals surface area contributed by atoms with E-state index < -0.39 is 6.10 Å². The second kappa shape index (κ2) is 5.99. The van der Waals surface area contributed by atoms with E-state index in [0.29, 0.717) is 11.3 Å². The van der Waals surface area contributed by atoms with Crippen molar-refractivity contribution in [2.24, 2.45) is 11.3 Å². The van der Waals surface area contributed by atoms with E-state index in [4.69, 9.17) is 9.84 Å². The number of aliphatic hydroxyl groups excluding tert-OH is 2. The Morgan fingerprint density at radius 1 is 1.44 bits per heavy atom. The van der Waals surface area contributed by atoms with Gasteiger partial charge < -0.3 is 14.9 Å². The molecule has 16 heavy (non-hydrogen) atoms. The Hall–Kier alpha value is -0.120. The van der Waals surface area contributed by atoms with Crippen molar-refractivity contribution < 1.29 is 14.9 Å². The molecule has 0 spiro atoms. The van der Waals surface area contributed by atoms with Gasteiger partial charge in [0.15, 0.2) is 0 Å². The zero-order chi connectivity index (χ0) is 12.2. The van der Waals surface area contributed by atoms with Crippen molar-refractivity contribution in [1.29, 1.82) is 0 Å². The molecule has 0 saturated heterocycles. The molecule has 0 aliphatic heterocycles. The van der Waals surface area contributed by atoms with Crippen LogP contribution in [0.5, 0.6) is 0 Å². The fourth-order valence-corrected chi connectivity index (χ4v) is 2.42. The topological polar surface area (TPSA) is 49.7 Å². The molecule has 2 N–H and O–H groups in total. The molecule has 1 saturated carbocycles. The smallest absolute Gasteiger partial charge is 0.100 e. The minimum atomic E-state index is -0.729. The van der Waals surface area contributed by atoms with E-state index in [2.05, 4.69) is 20.8 Å². The second-order valence-corrected chi connectivity index (χ2v) is 5.70. The molecule has 3 nitrogen and oxygen atoms in total. The molecular weight excluding hydrogens is 204 g/mol. The summed E-state index contributed by atoms with van der Waals surface area (Å²) in [5.41, 5.74) is 0.368. The first-order valence-electron chi connectivity index (χ1n) is 6.38. The zero-order valence-electron chi connectivity index (χ0n) is 10.8. The van der Waals surface area contributed by atoms with Crippen LogP contribution in [0.4, 0.5) is 0 Å². The van der Waals surface area contributed by atoms with Crippen LogP contribution in [0.15, 0.2) is 0 Å². The van der Waals surface area contributed by atoms with E-state index in [9.17, 15) is 5.11 Å². The summed E-state index contributed by atoms with van der Waals surface area (Å²) in [5.74, 6) is 0.668. The first-order chi connectivity index (χ1) is 7.48. The third kappa shape index (κ3) is 3.72. The van der Waals surface area contributed by atoms with Crippen molar-refractivity contribution in [3.05, 3.63) is 0 Å². The first-order valence-corrected chi connectivity index (χ1v) is 6.38. The summed E-state index contributed by atoms with van der Waals surface area (Å²) < 4.78 is 5.67. The molecule has 1 rings (SSSR count). The largest absolute Gasteiger partial charge is 0.394 e. The summed E-state index contributed by atoms with van der Waals surface area (Å²) >= 11 is 0. The molecule has 0 aromatic heterocycles. The Labute approximate surface area is 98.8 Å². The lowest BCUT2D eigenvalue weighted by Gasteiger charge is -2.41. The lowest BCUT2D eigenvalue weighted by molar-refractivity contribution is -0.0659. The number of rotatable bonds is 5. The van der Waals surface area contributed by atoms with Gasteiger partial charge in [-0.2, -0.15) is 0 Å². The van der Waals surface area contributed by atoms with Crippen molar-refractivity contribution in [2.75, 3.05) is 13.2 Å². The van der Waals surface area contributed by atoms with Crippen LogP contribution in [0.2, 0.25) is 0 Å². The van der Waals surface area contributed by atoms with Gasteiger partial charge >= 0.3 is 0 Å². The van der Waals surface area contributed by atoms with E-state index in [-0.39, 0.29) is 19.3 Å². The highest BCUT2D eigenvalue weighted by Gasteiger charge is 2.35. The van der Waals surface area contributed by atoms with Gasteiger partial charge in [-0.25, -0.2) is 0 Å². The second-order valence-electron chi connectivity index (χ2n) is 5.70. The Morgan fingerprint density at radius 2 is 2.12 bits per heavy atom. The fourth-order valence-electron chi connectivity index (χ4n) is 2.42. The van der Waals surface area contributed by atoms with Crippen molar-refractivity contribution in [1.82, 2.24) is 0 Å². The van der Waals surface area contributed by atoms with Crippen molar-refractivity contribution >= 4 is 0 Å². The van der Waals surface area contributed by atoms with Gasteiger partial charge in [-0.1, -0.05) is 27.2 Å². The number of hydrogen-bond donors (Lipinski definition) is 2. The minimum absolute atomic E-state index is 0.214. The normalized spacial score (nSPS) is 33.0. The van der Waals surface area contributed by atoms with Gasteiger partial charge in [0, 0.05) is 0 Å². The maximum absolute atomic E-state index is 9.25. The Balaban J connectivity index is 2.39. The molecule has 1 aliphatic carbocycles. The lowest BCUT2D eigenvalue weighted by Crippen LogP contribution is -2.36. The maximum Gasteiger partial charge on any atom is 0.100 e. The van der Waals surface area contributed by atoms with Gasteiger partial charge in [0.2, 0.25) is 0 Å². The van der Waals surface area contributed by atoms with E-state index in [1.807, 2.05) is 0 Å². The highest BCUT2D eigenvalue weighted by atomic mass is 16.5. The average molecular weight is 230 g/mol. The SMILES string of the molecule is CC(C)C1(C)CCCC(OCC(O)CO)C1. The summed E-state index contributed by atoms with van der Waals surface area (Å²) in [6, 6.07) is 0. The lowest BCUT2D eigenvalue weighted by atomic mass is 9.67. The van der Waals surface area contributed by atoms with Gasteiger partial charge in [0.1, 0.15) is 6.10 Å². The molecule has 3 unspecified atom stereocenters. The van der Waals surface area contributed by atoms with Crippen LogP contribution in [0.1, 0.15) is 46.5 Å². The molecule has 96 valence electrons. The van der Waals surface area contributed by atoms with Crippen molar-refractivity contribution in [3.63, 3.8) is 0 Å². The molecule has 0 aromatic carbocycles. The molecule has 0 heterocycles. The summed E-state index contributed by atoms with van der Waals surface area (Å²) in [6.45, 7) is 6.91. The van der Waals surface area contributed by atoms with E-state index in [1.165, 1.54) is 12.8 Å². The number of hydrogen-bond acceptors (Lipinski definition) is 3. The van der Waals surface area contributed by atoms with Crippen LogP contribution in [-0.2, 0) is 4.74 Å². The summed E-state index contributed by atoms with van der Waals surface area (Å²) in [7, 11) is 0. The summed E-state index contributed by atoms with van der Waals surface area (Å²) in [6.07, 6.45) is 4.15. The number of aliphatic hydroxyl groups is 2. The molecule has 0 amide bonds. The minimum Gasteiger partial charge on any atom is -0.394 e. The zero-order valence-corrected chi connectivity index (χ0v) is 10.8. The van der Waals surface area contributed by atoms with Crippen LogP contribution >= 0.6 is 0 Å². The first kappa shape index (κ1) is 13.9. The van der Waals surface area contributed by atoms with Crippen LogP contribution < -0.4 is 0 Å². The fraction of sp³-hybridized carbons (Fsp3) is 1.00. The van der Waals surface area contributed by atoms with E-state index in [1.54, 1.807) is 0 Å². The predicted octanol–water partition coefficient (Wildman–Crippen LogP) is 1.96. The van der Waals surface area contributed by atoms with Gasteiger partial charge in [-0.3, -0.25) is 0 Å². The van der Waals surface area contributed by atoms with Crippen LogP contribution in [0, 0.1) is 11.3 Å². The Morgan fingerprint density at radius 3 is 2.69 bits per heavy atom. The maximum atomic E-state index is 9.25. The van der Waals surface area contributed by atoms with Crippen LogP contribution in [-0.4, -0.2) is 35.6 Å². The molecule has 1 fully saturated rings. The van der Waals surface area contributed by atoms with E-state index >= 15 is 0 Å². The van der Waals surface area contributed by atoms with Crippen LogP contribution in [0.3, 0.4) is 0 Å². The van der Waals surface area contributed by atoms with E-state index in [0.717, 1.165) is 12.8 Å². The molecule has 0 bridgehead atoms.